The third kappa shape index (κ3) is 10.7. The molecule has 2 aliphatic heterocycles. The number of benzene rings is 2. The molecule has 2 aromatic carbocycles. The quantitative estimate of drug-likeness (QED) is 0.127. The Morgan fingerprint density at radius 1 is 0.712 bits per heavy atom. The van der Waals surface area contributed by atoms with E-state index in [4.69, 9.17) is 57.2 Å². The highest BCUT2D eigenvalue weighted by atomic mass is 35.5. The molecule has 4 N–H and O–H groups in total. The van der Waals surface area contributed by atoms with Crippen molar-refractivity contribution in [2.24, 2.45) is 0 Å². The molecule has 2 atom stereocenters. The molecule has 6 heterocycles. The summed E-state index contributed by atoms with van der Waals surface area (Å²) in [6, 6.07) is 10.1. The first-order chi connectivity index (χ1) is 27.8. The van der Waals surface area contributed by atoms with Gasteiger partial charge in [-0.2, -0.15) is 0 Å². The Morgan fingerprint density at radius 2 is 1.15 bits per heavy atom. The number of nitrogens with zero attached hydrogens (tertiary/aromatic N) is 4. The SMILES string of the molecule is CC1CS(=O)(=O)c2cc(N)ccc21.CC1CS(=O)(=O)c2cc(NC(=O)c3cnc(Sc4c(Cl)cncc4Cl)s3)ccc21.O=C(O)c1cnc(Sc2c(Cl)cncc2Cl)s1. The van der Waals surface area contributed by atoms with E-state index >= 15 is 0 Å². The molecule has 0 aliphatic carbocycles. The van der Waals surface area contributed by atoms with E-state index in [1.807, 2.05) is 13.8 Å². The number of aromatic nitrogens is 4. The zero-order valence-corrected chi connectivity index (χ0v) is 38.1. The molecule has 8 rings (SSSR count). The third-order valence-electron chi connectivity index (χ3n) is 8.38. The highest BCUT2D eigenvalue weighted by Crippen LogP contribution is 2.41. The average Bonchev–Trinajstić information content (AvgIpc) is 3.94. The van der Waals surface area contributed by atoms with Crippen molar-refractivity contribution in [1.82, 2.24) is 19.9 Å². The van der Waals surface area contributed by atoms with Crippen LogP contribution in [0.3, 0.4) is 0 Å². The molecular formula is C36H28Cl4N6O7S6. The minimum absolute atomic E-state index is 0.0485. The lowest BCUT2D eigenvalue weighted by molar-refractivity contribution is 0.0701. The van der Waals surface area contributed by atoms with Crippen molar-refractivity contribution in [1.29, 1.82) is 0 Å². The van der Waals surface area contributed by atoms with E-state index in [1.54, 1.807) is 30.3 Å². The number of thiazole rings is 2. The van der Waals surface area contributed by atoms with Gasteiger partial charge in [-0.25, -0.2) is 31.6 Å². The summed E-state index contributed by atoms with van der Waals surface area (Å²) in [7, 11) is -6.37. The average molecular weight is 991 g/mol. The van der Waals surface area contributed by atoms with Crippen LogP contribution in [-0.2, 0) is 19.7 Å². The number of hydrogen-bond donors (Lipinski definition) is 3. The van der Waals surface area contributed by atoms with Gasteiger partial charge in [-0.1, -0.05) is 95.9 Å². The van der Waals surface area contributed by atoms with Crippen molar-refractivity contribution >= 4 is 136 Å². The lowest BCUT2D eigenvalue weighted by Crippen LogP contribution is -2.10. The van der Waals surface area contributed by atoms with Gasteiger partial charge in [-0.3, -0.25) is 14.8 Å². The van der Waals surface area contributed by atoms with Crippen LogP contribution in [0.1, 0.15) is 56.2 Å². The van der Waals surface area contributed by atoms with Crippen LogP contribution in [0, 0.1) is 0 Å². The van der Waals surface area contributed by atoms with E-state index in [-0.39, 0.29) is 39.0 Å². The molecule has 0 bridgehead atoms. The zero-order chi connectivity index (χ0) is 42.8. The summed E-state index contributed by atoms with van der Waals surface area (Å²) >= 11 is 28.8. The van der Waals surface area contributed by atoms with Crippen molar-refractivity contribution in [3.05, 3.63) is 115 Å². The van der Waals surface area contributed by atoms with Gasteiger partial charge in [0.25, 0.3) is 5.91 Å². The number of halogens is 4. The molecule has 4 aromatic heterocycles. The smallest absolute Gasteiger partial charge is 0.347 e. The van der Waals surface area contributed by atoms with Crippen LogP contribution in [0.25, 0.3) is 0 Å². The van der Waals surface area contributed by atoms with E-state index in [0.717, 1.165) is 22.5 Å². The van der Waals surface area contributed by atoms with Crippen molar-refractivity contribution in [2.45, 2.75) is 53.9 Å². The summed E-state index contributed by atoms with van der Waals surface area (Å²) in [6.07, 6.45) is 8.68. The second kappa shape index (κ2) is 18.6. The van der Waals surface area contributed by atoms with Crippen LogP contribution >= 0.6 is 92.6 Å². The Hall–Kier alpha value is -3.50. The number of carbonyl (C=O) groups is 2. The minimum Gasteiger partial charge on any atom is -0.477 e. The fourth-order valence-electron chi connectivity index (χ4n) is 5.71. The summed E-state index contributed by atoms with van der Waals surface area (Å²) in [5.41, 5.74) is 8.15. The van der Waals surface area contributed by atoms with E-state index in [0.29, 0.717) is 59.7 Å². The number of pyridine rings is 2. The van der Waals surface area contributed by atoms with E-state index in [1.165, 1.54) is 78.1 Å². The molecule has 13 nitrogen and oxygen atoms in total. The topological polar surface area (TPSA) is 212 Å². The Bertz CT molecular complexity index is 2780. The van der Waals surface area contributed by atoms with Gasteiger partial charge in [-0.05, 0) is 47.2 Å². The van der Waals surface area contributed by atoms with Gasteiger partial charge in [0.05, 0.1) is 63.6 Å². The van der Waals surface area contributed by atoms with Crippen molar-refractivity contribution < 1.29 is 31.5 Å². The number of hydrogen-bond acceptors (Lipinski definition) is 15. The minimum atomic E-state index is -3.31. The van der Waals surface area contributed by atoms with Gasteiger partial charge in [-0.15, -0.1) is 22.7 Å². The number of nitrogens with one attached hydrogen (secondary N) is 1. The number of carboxylic acids is 1. The molecule has 1 amide bonds. The van der Waals surface area contributed by atoms with Crippen LogP contribution in [0.2, 0.25) is 20.1 Å². The number of aromatic carboxylic acids is 1. The molecule has 0 fully saturated rings. The zero-order valence-electron chi connectivity index (χ0n) is 30.2. The summed E-state index contributed by atoms with van der Waals surface area (Å²) in [4.78, 5) is 41.7. The molecule has 0 saturated heterocycles. The van der Waals surface area contributed by atoms with Gasteiger partial charge in [0, 0.05) is 36.2 Å². The first-order valence-electron chi connectivity index (χ1n) is 16.7. The van der Waals surface area contributed by atoms with Crippen LogP contribution < -0.4 is 11.1 Å². The van der Waals surface area contributed by atoms with Gasteiger partial charge in [0.1, 0.15) is 9.75 Å². The Balaban J connectivity index is 0.000000165. The molecule has 2 aliphatic rings. The van der Waals surface area contributed by atoms with E-state index in [9.17, 15) is 26.4 Å². The van der Waals surface area contributed by atoms with Crippen molar-refractivity contribution in [2.75, 3.05) is 22.6 Å². The fraction of sp³-hybridized carbons (Fsp3) is 0.167. The van der Waals surface area contributed by atoms with Crippen LogP contribution in [0.5, 0.6) is 0 Å². The fourth-order valence-corrected chi connectivity index (χ4v) is 14.4. The molecule has 23 heteroatoms. The van der Waals surface area contributed by atoms with Crippen LogP contribution in [0.4, 0.5) is 11.4 Å². The number of rotatable bonds is 7. The lowest BCUT2D eigenvalue weighted by Gasteiger charge is -2.07. The lowest BCUT2D eigenvalue weighted by atomic mass is 10.0. The molecule has 308 valence electrons. The number of anilines is 2. The molecular weight excluding hydrogens is 963 g/mol. The van der Waals surface area contributed by atoms with Crippen LogP contribution in [0.15, 0.2) is 102 Å². The molecule has 0 saturated carbocycles. The predicted octanol–water partition coefficient (Wildman–Crippen LogP) is 9.99. The van der Waals surface area contributed by atoms with Crippen molar-refractivity contribution in [3.8, 4) is 0 Å². The normalized spacial score (nSPS) is 16.8. The molecule has 6 aromatic rings. The molecule has 0 spiro atoms. The Morgan fingerprint density at radius 3 is 1.63 bits per heavy atom. The third-order valence-corrected chi connectivity index (χ3v) is 18.3. The van der Waals surface area contributed by atoms with Gasteiger partial charge >= 0.3 is 5.97 Å². The number of nitrogen functional groups attached to an aromatic ring is 1. The second-order valence-electron chi connectivity index (χ2n) is 12.7. The van der Waals surface area contributed by atoms with Crippen LogP contribution in [-0.4, -0.2) is 65.3 Å². The van der Waals surface area contributed by atoms with E-state index < -0.39 is 25.6 Å². The maximum atomic E-state index is 12.6. The highest BCUT2D eigenvalue weighted by molar-refractivity contribution is 8.01. The largest absolute Gasteiger partial charge is 0.477 e. The number of amides is 1. The number of carbonyl (C=O) groups excluding carboxylic acids is 1. The Kier molecular flexibility index (Phi) is 14.2. The first kappa shape index (κ1) is 45.0. The Labute approximate surface area is 375 Å². The summed E-state index contributed by atoms with van der Waals surface area (Å²) in [6.45, 7) is 3.79. The molecule has 2 unspecified atom stereocenters. The summed E-state index contributed by atoms with van der Waals surface area (Å²) in [5.74, 6) is -1.01. The van der Waals surface area contributed by atoms with Gasteiger partial charge in [0.2, 0.25) is 0 Å². The summed E-state index contributed by atoms with van der Waals surface area (Å²) in [5, 5.41) is 13.1. The standard InChI is InChI=1S/C18H13Cl2N3O3S3.C9H4Cl2N2O2S2.C9H11NO2S/c1-9-8-29(25,26)15-4-10(2-3-11(9)15)23-17(24)14-7-22-18(27-14)28-16-12(19)5-21-6-13(16)20;10-4-1-12-2-5(11)7(4)17-9-13-3-6(16-9)8(14)15;1-6-5-13(11,12)9-4-7(10)2-3-8(6)9/h2-7,9H,8H2,1H3,(H,23,24);1-3H,(H,14,15);2-4,6H,5,10H2,1H3. The molecule has 0 radical (unpaired) electrons. The predicted molar refractivity (Wildman–Crippen MR) is 234 cm³/mol. The molecule has 59 heavy (non-hydrogen) atoms. The first-order valence-corrected chi connectivity index (χ1v) is 24.8. The maximum absolute atomic E-state index is 12.6. The number of carboxylic acid groups (broad SMARTS) is 1. The number of sulfone groups is 2. The van der Waals surface area contributed by atoms with Crippen molar-refractivity contribution in [3.63, 3.8) is 0 Å². The highest BCUT2D eigenvalue weighted by Gasteiger charge is 2.33. The van der Waals surface area contributed by atoms with Gasteiger partial charge < -0.3 is 16.2 Å². The monoisotopic (exact) mass is 988 g/mol. The summed E-state index contributed by atoms with van der Waals surface area (Å²) < 4.78 is 48.8. The second-order valence-corrected chi connectivity index (χ2v) is 22.9. The van der Waals surface area contributed by atoms with Gasteiger partial charge in [0.15, 0.2) is 28.4 Å². The maximum Gasteiger partial charge on any atom is 0.347 e. The van der Waals surface area contributed by atoms with E-state index in [2.05, 4.69) is 25.3 Å². The number of fused-ring (bicyclic) bond motifs is 2. The number of nitrogens with two attached hydrogens (primary N) is 1.